The van der Waals surface area contributed by atoms with E-state index in [1.807, 2.05) is 25.6 Å². The summed E-state index contributed by atoms with van der Waals surface area (Å²) in [5.41, 5.74) is 0.392. The van der Waals surface area contributed by atoms with E-state index in [0.717, 1.165) is 19.6 Å². The molecule has 0 spiro atoms. The number of likely N-dealkylation sites (tertiary alicyclic amines) is 1. The molecule has 194 valence electrons. The van der Waals surface area contributed by atoms with Gasteiger partial charge in [-0.3, -0.25) is 4.31 Å². The van der Waals surface area contributed by atoms with Crippen LogP contribution < -0.4 is 4.31 Å². The Morgan fingerprint density at radius 2 is 1.69 bits per heavy atom. The van der Waals surface area contributed by atoms with Crippen LogP contribution in [-0.2, 0) is 10.0 Å². The number of hydrogen-bond acceptors (Lipinski definition) is 4. The molecule has 0 saturated carbocycles. The van der Waals surface area contributed by atoms with Gasteiger partial charge in [-0.25, -0.2) is 8.42 Å². The standard InChI is InChI=1S/C22H27Cl3N2O2S2.C2H6.C2H2/c1-30-16-17-4-2-11-26(15-17)12-3-13-27(22-14-19(24)7-10-21(22)25)31(28,29)20-8-5-18(23)6-9-20;2*1-2/h5-10,14,17H,2-4,11-13,15-16H2,1H3;1-2H3;1-2H. The summed E-state index contributed by atoms with van der Waals surface area (Å²) in [6.07, 6.45) is 13.3. The largest absolute Gasteiger partial charge is 0.303 e. The fourth-order valence-corrected chi connectivity index (χ4v) is 6.76. The van der Waals surface area contributed by atoms with Crippen LogP contribution in [0.4, 0.5) is 5.69 Å². The number of nitrogens with zero attached hydrogens (tertiary/aromatic N) is 2. The summed E-state index contributed by atoms with van der Waals surface area (Å²) in [6.45, 7) is 7.29. The molecule has 35 heavy (non-hydrogen) atoms. The molecule has 0 amide bonds. The van der Waals surface area contributed by atoms with Gasteiger partial charge in [-0.15, -0.1) is 12.8 Å². The van der Waals surface area contributed by atoms with E-state index >= 15 is 0 Å². The average Bonchev–Trinajstić information content (AvgIpc) is 2.87. The SMILES string of the molecule is C#C.CC.CSCC1CCCN(CCCN(c2cc(Cl)ccc2Cl)S(=O)(=O)c2ccc(Cl)cc2)C1. The molecule has 1 atom stereocenters. The Bertz CT molecular complexity index is 1010. The molecule has 0 N–H and O–H groups in total. The van der Waals surface area contributed by atoms with Gasteiger partial charge < -0.3 is 4.90 Å². The second-order valence-corrected chi connectivity index (χ2v) is 11.8. The van der Waals surface area contributed by atoms with Crippen molar-refractivity contribution in [3.8, 4) is 12.8 Å². The van der Waals surface area contributed by atoms with Gasteiger partial charge in [0.15, 0.2) is 0 Å². The summed E-state index contributed by atoms with van der Waals surface area (Å²) in [5, 5.41) is 1.27. The van der Waals surface area contributed by atoms with E-state index in [0.29, 0.717) is 39.6 Å². The van der Waals surface area contributed by atoms with Crippen molar-refractivity contribution in [2.24, 2.45) is 5.92 Å². The minimum Gasteiger partial charge on any atom is -0.303 e. The maximum Gasteiger partial charge on any atom is 0.264 e. The van der Waals surface area contributed by atoms with Crippen molar-refractivity contribution in [3.63, 3.8) is 0 Å². The lowest BCUT2D eigenvalue weighted by molar-refractivity contribution is 0.185. The first-order valence-electron chi connectivity index (χ1n) is 11.6. The summed E-state index contributed by atoms with van der Waals surface area (Å²) >= 11 is 20.4. The molecule has 0 bridgehead atoms. The molecule has 3 rings (SSSR count). The topological polar surface area (TPSA) is 40.6 Å². The molecule has 1 heterocycles. The molecule has 9 heteroatoms. The summed E-state index contributed by atoms with van der Waals surface area (Å²) < 4.78 is 28.4. The van der Waals surface area contributed by atoms with Gasteiger partial charge in [0, 0.05) is 23.1 Å². The molecular formula is C26H35Cl3N2O2S2. The van der Waals surface area contributed by atoms with Gasteiger partial charge in [-0.05, 0) is 92.7 Å². The number of hydrogen-bond donors (Lipinski definition) is 0. The first-order chi connectivity index (χ1) is 16.8. The van der Waals surface area contributed by atoms with Gasteiger partial charge in [0.2, 0.25) is 0 Å². The molecule has 1 unspecified atom stereocenters. The molecule has 1 fully saturated rings. The van der Waals surface area contributed by atoms with Gasteiger partial charge in [-0.1, -0.05) is 48.7 Å². The highest BCUT2D eigenvalue weighted by Crippen LogP contribution is 2.33. The highest BCUT2D eigenvalue weighted by Gasteiger charge is 2.27. The fourth-order valence-electron chi connectivity index (χ4n) is 3.94. The van der Waals surface area contributed by atoms with Crippen LogP contribution in [0.1, 0.15) is 33.1 Å². The number of terminal acetylenes is 1. The molecule has 0 aromatic heterocycles. The first-order valence-corrected chi connectivity index (χ1v) is 15.6. The summed E-state index contributed by atoms with van der Waals surface area (Å²) in [6, 6.07) is 11.1. The second kappa shape index (κ2) is 16.6. The second-order valence-electron chi connectivity index (χ2n) is 7.74. The Kier molecular flexibility index (Phi) is 15.2. The first kappa shape index (κ1) is 32.0. The Morgan fingerprint density at radius 1 is 1.06 bits per heavy atom. The van der Waals surface area contributed by atoms with Gasteiger partial charge in [0.25, 0.3) is 10.0 Å². The smallest absolute Gasteiger partial charge is 0.264 e. The van der Waals surface area contributed by atoms with E-state index in [-0.39, 0.29) is 4.90 Å². The van der Waals surface area contributed by atoms with E-state index < -0.39 is 10.0 Å². The normalized spacial score (nSPS) is 15.8. The summed E-state index contributed by atoms with van der Waals surface area (Å²) in [4.78, 5) is 2.61. The van der Waals surface area contributed by atoms with E-state index in [1.54, 1.807) is 30.3 Å². The molecule has 1 aliphatic rings. The lowest BCUT2D eigenvalue weighted by atomic mass is 10.00. The van der Waals surface area contributed by atoms with E-state index in [2.05, 4.69) is 24.0 Å². The van der Waals surface area contributed by atoms with Crippen molar-refractivity contribution >= 4 is 62.3 Å². The maximum atomic E-state index is 13.5. The monoisotopic (exact) mass is 576 g/mol. The van der Waals surface area contributed by atoms with Crippen LogP contribution in [0.2, 0.25) is 15.1 Å². The highest BCUT2D eigenvalue weighted by atomic mass is 35.5. The van der Waals surface area contributed by atoms with Crippen molar-refractivity contribution in [2.75, 3.05) is 42.5 Å². The third-order valence-electron chi connectivity index (χ3n) is 5.42. The zero-order chi connectivity index (χ0) is 26.4. The molecule has 0 aliphatic carbocycles. The Hall–Kier alpha value is -1.07. The average molecular weight is 578 g/mol. The van der Waals surface area contributed by atoms with Crippen LogP contribution in [0.3, 0.4) is 0 Å². The van der Waals surface area contributed by atoms with Crippen LogP contribution >= 0.6 is 46.6 Å². The van der Waals surface area contributed by atoms with Gasteiger partial charge in [0.05, 0.1) is 15.6 Å². The van der Waals surface area contributed by atoms with Crippen LogP contribution in [0, 0.1) is 18.8 Å². The lowest BCUT2D eigenvalue weighted by Gasteiger charge is -2.33. The summed E-state index contributed by atoms with van der Waals surface area (Å²) in [5.74, 6) is 1.88. The number of piperidine rings is 1. The predicted octanol–water partition coefficient (Wildman–Crippen LogP) is 7.58. The minimum atomic E-state index is -3.82. The number of rotatable bonds is 9. The number of thioether (sulfide) groups is 1. The molecular weight excluding hydrogens is 543 g/mol. The van der Waals surface area contributed by atoms with Crippen LogP contribution in [0.5, 0.6) is 0 Å². The van der Waals surface area contributed by atoms with Crippen molar-refractivity contribution in [2.45, 2.75) is 38.0 Å². The van der Waals surface area contributed by atoms with Crippen LogP contribution in [0.15, 0.2) is 47.4 Å². The third kappa shape index (κ3) is 9.72. The van der Waals surface area contributed by atoms with Crippen molar-refractivity contribution in [3.05, 3.63) is 57.5 Å². The van der Waals surface area contributed by atoms with Crippen LogP contribution in [-0.4, -0.2) is 51.5 Å². The van der Waals surface area contributed by atoms with E-state index in [9.17, 15) is 8.42 Å². The van der Waals surface area contributed by atoms with Crippen molar-refractivity contribution < 1.29 is 8.42 Å². The Labute approximate surface area is 231 Å². The zero-order valence-corrected chi connectivity index (χ0v) is 24.5. The van der Waals surface area contributed by atoms with Gasteiger partial charge in [0.1, 0.15) is 0 Å². The highest BCUT2D eigenvalue weighted by molar-refractivity contribution is 7.98. The Balaban J connectivity index is 0.00000145. The van der Waals surface area contributed by atoms with Gasteiger partial charge in [-0.2, -0.15) is 11.8 Å². The lowest BCUT2D eigenvalue weighted by Crippen LogP contribution is -2.39. The van der Waals surface area contributed by atoms with Crippen LogP contribution in [0.25, 0.3) is 0 Å². The van der Waals surface area contributed by atoms with E-state index in [1.165, 1.54) is 35.0 Å². The van der Waals surface area contributed by atoms with Crippen molar-refractivity contribution in [1.82, 2.24) is 4.90 Å². The quantitative estimate of drug-likeness (QED) is 0.288. The third-order valence-corrected chi connectivity index (χ3v) is 8.86. The molecule has 1 aliphatic heterocycles. The molecule has 0 radical (unpaired) electrons. The fraction of sp³-hybridized carbons (Fsp3) is 0.462. The number of sulfonamides is 1. The van der Waals surface area contributed by atoms with E-state index in [4.69, 9.17) is 34.8 Å². The molecule has 1 saturated heterocycles. The Morgan fingerprint density at radius 3 is 2.31 bits per heavy atom. The number of anilines is 1. The maximum absolute atomic E-state index is 13.5. The molecule has 2 aromatic rings. The zero-order valence-electron chi connectivity index (χ0n) is 20.6. The van der Waals surface area contributed by atoms with Gasteiger partial charge >= 0.3 is 0 Å². The summed E-state index contributed by atoms with van der Waals surface area (Å²) in [7, 11) is -3.82. The minimum absolute atomic E-state index is 0.172. The van der Waals surface area contributed by atoms with Crippen molar-refractivity contribution in [1.29, 1.82) is 0 Å². The number of benzene rings is 2. The number of halogens is 3. The molecule has 4 nitrogen and oxygen atoms in total. The molecule has 2 aromatic carbocycles. The predicted molar refractivity (Wildman–Crippen MR) is 156 cm³/mol.